The van der Waals surface area contributed by atoms with E-state index in [9.17, 15) is 9.59 Å². The van der Waals surface area contributed by atoms with Crippen molar-refractivity contribution < 1.29 is 14.3 Å². The lowest BCUT2D eigenvalue weighted by atomic mass is 9.85. The molecule has 0 bridgehead atoms. The van der Waals surface area contributed by atoms with E-state index in [1.165, 1.54) is 6.42 Å². The summed E-state index contributed by atoms with van der Waals surface area (Å²) in [6, 6.07) is 5.73. The quantitative estimate of drug-likeness (QED) is 0.874. The van der Waals surface area contributed by atoms with Crippen LogP contribution in [0, 0.1) is 5.92 Å². The van der Waals surface area contributed by atoms with Crippen molar-refractivity contribution >= 4 is 17.5 Å². The van der Waals surface area contributed by atoms with E-state index < -0.39 is 0 Å². The first kappa shape index (κ1) is 13.0. The van der Waals surface area contributed by atoms with Gasteiger partial charge in [0.15, 0.2) is 6.61 Å². The van der Waals surface area contributed by atoms with E-state index in [1.807, 2.05) is 18.2 Å². The van der Waals surface area contributed by atoms with Crippen molar-refractivity contribution in [3.05, 3.63) is 23.8 Å². The summed E-state index contributed by atoms with van der Waals surface area (Å²) in [7, 11) is 0. The van der Waals surface area contributed by atoms with Crippen LogP contribution in [0.5, 0.6) is 5.75 Å². The van der Waals surface area contributed by atoms with Crippen LogP contribution in [0.25, 0.3) is 0 Å². The van der Waals surface area contributed by atoms with Gasteiger partial charge in [0.1, 0.15) is 5.75 Å². The standard InChI is InChI=1S/C15H18N2O3/c18-14-9-20-13-5-4-10(8-12(13)17-14)6-7-16-15(19)11-2-1-3-11/h4-5,8,11H,1-3,6-7,9H2,(H,16,19)(H,17,18). The van der Waals surface area contributed by atoms with E-state index in [-0.39, 0.29) is 24.3 Å². The monoisotopic (exact) mass is 274 g/mol. The van der Waals surface area contributed by atoms with Gasteiger partial charge in [-0.05, 0) is 37.0 Å². The molecule has 0 saturated heterocycles. The number of hydrogen-bond acceptors (Lipinski definition) is 3. The van der Waals surface area contributed by atoms with Crippen molar-refractivity contribution in [2.24, 2.45) is 5.92 Å². The summed E-state index contributed by atoms with van der Waals surface area (Å²) in [5, 5.41) is 5.75. The molecule has 1 fully saturated rings. The van der Waals surface area contributed by atoms with Gasteiger partial charge in [-0.15, -0.1) is 0 Å². The van der Waals surface area contributed by atoms with Gasteiger partial charge in [-0.25, -0.2) is 0 Å². The lowest BCUT2D eigenvalue weighted by Crippen LogP contribution is -2.35. The second-order valence-corrected chi connectivity index (χ2v) is 5.34. The van der Waals surface area contributed by atoms with Crippen LogP contribution >= 0.6 is 0 Å². The van der Waals surface area contributed by atoms with Gasteiger partial charge in [-0.2, -0.15) is 0 Å². The maximum Gasteiger partial charge on any atom is 0.262 e. The van der Waals surface area contributed by atoms with Crippen LogP contribution in [0.3, 0.4) is 0 Å². The van der Waals surface area contributed by atoms with Crippen molar-refractivity contribution in [3.63, 3.8) is 0 Å². The van der Waals surface area contributed by atoms with Gasteiger partial charge in [0, 0.05) is 12.5 Å². The van der Waals surface area contributed by atoms with Crippen LogP contribution in [-0.4, -0.2) is 25.0 Å². The summed E-state index contributed by atoms with van der Waals surface area (Å²) < 4.78 is 5.31. The van der Waals surface area contributed by atoms with Crippen molar-refractivity contribution in [1.82, 2.24) is 5.32 Å². The fourth-order valence-corrected chi connectivity index (χ4v) is 2.43. The van der Waals surface area contributed by atoms with E-state index >= 15 is 0 Å². The SMILES string of the molecule is O=C1COc2ccc(CCNC(=O)C3CCC3)cc2N1. The molecular formula is C15H18N2O3. The normalized spacial score (nSPS) is 17.5. The summed E-state index contributed by atoms with van der Waals surface area (Å²) in [6.07, 6.45) is 3.96. The van der Waals surface area contributed by atoms with Gasteiger partial charge in [-0.3, -0.25) is 9.59 Å². The molecule has 1 aromatic carbocycles. The Morgan fingerprint density at radius 2 is 2.25 bits per heavy atom. The minimum atomic E-state index is -0.132. The Bertz CT molecular complexity index is 538. The Labute approximate surface area is 117 Å². The lowest BCUT2D eigenvalue weighted by Gasteiger charge is -2.24. The molecule has 5 heteroatoms. The van der Waals surface area contributed by atoms with Crippen LogP contribution in [0.4, 0.5) is 5.69 Å². The average molecular weight is 274 g/mol. The molecule has 0 radical (unpaired) electrons. The number of amides is 2. The number of fused-ring (bicyclic) bond motifs is 1. The van der Waals surface area contributed by atoms with Crippen molar-refractivity contribution in [2.75, 3.05) is 18.5 Å². The fraction of sp³-hybridized carbons (Fsp3) is 0.467. The number of nitrogens with one attached hydrogen (secondary N) is 2. The first-order valence-corrected chi connectivity index (χ1v) is 7.05. The zero-order chi connectivity index (χ0) is 13.9. The maximum atomic E-state index is 11.7. The Kier molecular flexibility index (Phi) is 3.58. The minimum absolute atomic E-state index is 0.0732. The highest BCUT2D eigenvalue weighted by Crippen LogP contribution is 2.28. The molecule has 1 aliphatic carbocycles. The van der Waals surface area contributed by atoms with Gasteiger partial charge < -0.3 is 15.4 Å². The smallest absolute Gasteiger partial charge is 0.262 e. The third-order valence-electron chi connectivity index (χ3n) is 3.87. The number of hydrogen-bond donors (Lipinski definition) is 2. The number of anilines is 1. The first-order valence-electron chi connectivity index (χ1n) is 7.05. The first-order chi connectivity index (χ1) is 9.72. The largest absolute Gasteiger partial charge is 0.482 e. The number of rotatable bonds is 4. The molecule has 0 unspecified atom stereocenters. The minimum Gasteiger partial charge on any atom is -0.482 e. The molecule has 0 aromatic heterocycles. The van der Waals surface area contributed by atoms with E-state index in [1.54, 1.807) is 0 Å². The Morgan fingerprint density at radius 1 is 1.40 bits per heavy atom. The molecule has 0 spiro atoms. The van der Waals surface area contributed by atoms with Crippen LogP contribution in [-0.2, 0) is 16.0 Å². The highest BCUT2D eigenvalue weighted by Gasteiger charge is 2.24. The summed E-state index contributed by atoms with van der Waals surface area (Å²) in [5.74, 6) is 0.969. The number of benzene rings is 1. The average Bonchev–Trinajstić information content (AvgIpc) is 2.36. The van der Waals surface area contributed by atoms with Gasteiger partial charge in [0.25, 0.3) is 5.91 Å². The molecule has 1 aromatic rings. The van der Waals surface area contributed by atoms with Crippen molar-refractivity contribution in [3.8, 4) is 5.75 Å². The Balaban J connectivity index is 1.54. The molecule has 106 valence electrons. The predicted octanol–water partition coefficient (Wildman–Crippen LogP) is 1.48. The number of carbonyl (C=O) groups excluding carboxylic acids is 2. The molecule has 20 heavy (non-hydrogen) atoms. The van der Waals surface area contributed by atoms with Crippen LogP contribution in [0.1, 0.15) is 24.8 Å². The predicted molar refractivity (Wildman–Crippen MR) is 74.6 cm³/mol. The van der Waals surface area contributed by atoms with Crippen LogP contribution in [0.2, 0.25) is 0 Å². The van der Waals surface area contributed by atoms with E-state index in [0.29, 0.717) is 18.0 Å². The summed E-state index contributed by atoms with van der Waals surface area (Å²) >= 11 is 0. The Hall–Kier alpha value is -2.04. The van der Waals surface area contributed by atoms with Gasteiger partial charge >= 0.3 is 0 Å². The van der Waals surface area contributed by atoms with Gasteiger partial charge in [0.2, 0.25) is 5.91 Å². The highest BCUT2D eigenvalue weighted by atomic mass is 16.5. The zero-order valence-corrected chi connectivity index (χ0v) is 11.3. The molecule has 5 nitrogen and oxygen atoms in total. The van der Waals surface area contributed by atoms with E-state index in [0.717, 1.165) is 24.8 Å². The zero-order valence-electron chi connectivity index (χ0n) is 11.3. The molecule has 2 N–H and O–H groups in total. The number of carbonyl (C=O) groups is 2. The molecule has 2 amide bonds. The van der Waals surface area contributed by atoms with E-state index in [2.05, 4.69) is 10.6 Å². The molecule has 1 saturated carbocycles. The second kappa shape index (κ2) is 5.53. The topological polar surface area (TPSA) is 67.4 Å². The molecular weight excluding hydrogens is 256 g/mol. The number of ether oxygens (including phenoxy) is 1. The van der Waals surface area contributed by atoms with E-state index in [4.69, 9.17) is 4.74 Å². The third kappa shape index (κ3) is 2.76. The fourth-order valence-electron chi connectivity index (χ4n) is 2.43. The molecule has 1 aliphatic heterocycles. The maximum absolute atomic E-state index is 11.7. The van der Waals surface area contributed by atoms with Crippen LogP contribution in [0.15, 0.2) is 18.2 Å². The molecule has 2 aliphatic rings. The third-order valence-corrected chi connectivity index (χ3v) is 3.87. The summed E-state index contributed by atoms with van der Waals surface area (Å²) in [5.41, 5.74) is 1.78. The second-order valence-electron chi connectivity index (χ2n) is 5.34. The summed E-state index contributed by atoms with van der Waals surface area (Å²) in [6.45, 7) is 0.701. The van der Waals surface area contributed by atoms with Crippen molar-refractivity contribution in [2.45, 2.75) is 25.7 Å². The Morgan fingerprint density at radius 3 is 3.00 bits per heavy atom. The lowest BCUT2D eigenvalue weighted by molar-refractivity contribution is -0.127. The van der Waals surface area contributed by atoms with Gasteiger partial charge in [-0.1, -0.05) is 12.5 Å². The highest BCUT2D eigenvalue weighted by molar-refractivity contribution is 5.95. The molecule has 0 atom stereocenters. The molecule has 1 heterocycles. The van der Waals surface area contributed by atoms with Crippen molar-refractivity contribution in [1.29, 1.82) is 0 Å². The van der Waals surface area contributed by atoms with Gasteiger partial charge in [0.05, 0.1) is 5.69 Å². The van der Waals surface area contributed by atoms with Crippen LogP contribution < -0.4 is 15.4 Å². The molecule has 3 rings (SSSR count). The summed E-state index contributed by atoms with van der Waals surface area (Å²) in [4.78, 5) is 23.0.